The summed E-state index contributed by atoms with van der Waals surface area (Å²) in [5, 5.41) is 11.0. The molecule has 3 rings (SSSR count). The molecule has 20 heavy (non-hydrogen) atoms. The molecule has 116 valence electrons. The van der Waals surface area contributed by atoms with E-state index in [2.05, 4.69) is 4.90 Å². The fraction of sp³-hybridized carbons (Fsp3) is 1.00. The largest absolute Gasteiger partial charge is 0.388 e. The van der Waals surface area contributed by atoms with Crippen LogP contribution in [0.3, 0.4) is 0 Å². The van der Waals surface area contributed by atoms with E-state index in [1.54, 1.807) is 4.31 Å². The van der Waals surface area contributed by atoms with Crippen molar-refractivity contribution in [2.75, 3.05) is 32.4 Å². The number of aliphatic hydroxyl groups is 1. The lowest BCUT2D eigenvalue weighted by molar-refractivity contribution is -0.0143. The molecular formula is C14H26N2O3S. The first kappa shape index (κ1) is 14.8. The van der Waals surface area contributed by atoms with Gasteiger partial charge in [0.25, 0.3) is 0 Å². The lowest BCUT2D eigenvalue weighted by atomic mass is 9.81. The number of hydrogen-bond donors (Lipinski definition) is 1. The van der Waals surface area contributed by atoms with Crippen LogP contribution in [0.2, 0.25) is 0 Å². The molecule has 0 aromatic rings. The fourth-order valence-corrected chi connectivity index (χ4v) is 5.38. The molecule has 6 heteroatoms. The van der Waals surface area contributed by atoms with E-state index in [1.807, 2.05) is 0 Å². The van der Waals surface area contributed by atoms with Crippen LogP contribution in [-0.4, -0.2) is 66.8 Å². The van der Waals surface area contributed by atoms with Gasteiger partial charge in [0.2, 0.25) is 10.0 Å². The Morgan fingerprint density at radius 3 is 2.70 bits per heavy atom. The van der Waals surface area contributed by atoms with E-state index in [0.717, 1.165) is 45.2 Å². The third-order valence-electron chi connectivity index (χ3n) is 5.41. The van der Waals surface area contributed by atoms with Crippen LogP contribution < -0.4 is 0 Å². The van der Waals surface area contributed by atoms with Crippen molar-refractivity contribution >= 4 is 10.0 Å². The molecule has 5 nitrogen and oxygen atoms in total. The maximum atomic E-state index is 11.7. The fourth-order valence-electron chi connectivity index (χ4n) is 4.44. The van der Waals surface area contributed by atoms with Crippen LogP contribution in [0.1, 0.15) is 38.5 Å². The molecule has 0 saturated carbocycles. The van der Waals surface area contributed by atoms with E-state index >= 15 is 0 Å². The molecule has 0 aromatic carbocycles. The molecule has 0 radical (unpaired) electrons. The van der Waals surface area contributed by atoms with Crippen LogP contribution in [0.15, 0.2) is 0 Å². The molecule has 0 aromatic heterocycles. The van der Waals surface area contributed by atoms with Gasteiger partial charge >= 0.3 is 0 Å². The molecule has 3 atom stereocenters. The normalized spacial score (nSPS) is 40.1. The Morgan fingerprint density at radius 2 is 1.95 bits per heavy atom. The van der Waals surface area contributed by atoms with Crippen LogP contribution in [0, 0.1) is 5.92 Å². The molecule has 1 N–H and O–H groups in total. The summed E-state index contributed by atoms with van der Waals surface area (Å²) in [6, 6.07) is 0.316. The van der Waals surface area contributed by atoms with Gasteiger partial charge in [-0.2, -0.15) is 0 Å². The second-order valence-electron chi connectivity index (χ2n) is 6.88. The van der Waals surface area contributed by atoms with Crippen molar-refractivity contribution in [3.05, 3.63) is 0 Å². The lowest BCUT2D eigenvalue weighted by Crippen LogP contribution is -2.46. The molecule has 3 saturated heterocycles. The number of nitrogens with zero attached hydrogens (tertiary/aromatic N) is 2. The van der Waals surface area contributed by atoms with Gasteiger partial charge in [0, 0.05) is 25.7 Å². The zero-order valence-electron chi connectivity index (χ0n) is 12.3. The first-order valence-electron chi connectivity index (χ1n) is 7.80. The van der Waals surface area contributed by atoms with Gasteiger partial charge in [-0.05, 0) is 51.0 Å². The van der Waals surface area contributed by atoms with E-state index < -0.39 is 15.6 Å². The smallest absolute Gasteiger partial charge is 0.211 e. The first-order valence-corrected chi connectivity index (χ1v) is 9.65. The predicted molar refractivity (Wildman–Crippen MR) is 77.9 cm³/mol. The minimum absolute atomic E-state index is 0.309. The van der Waals surface area contributed by atoms with Crippen molar-refractivity contribution in [3.63, 3.8) is 0 Å². The highest BCUT2D eigenvalue weighted by Gasteiger charge is 2.49. The molecule has 3 heterocycles. The highest BCUT2D eigenvalue weighted by Crippen LogP contribution is 2.41. The van der Waals surface area contributed by atoms with Gasteiger partial charge in [-0.15, -0.1) is 0 Å². The summed E-state index contributed by atoms with van der Waals surface area (Å²) in [4.78, 5) is 2.41. The molecule has 0 spiro atoms. The third-order valence-corrected chi connectivity index (χ3v) is 6.68. The number of sulfonamides is 1. The maximum Gasteiger partial charge on any atom is 0.211 e. The van der Waals surface area contributed by atoms with E-state index in [4.69, 9.17) is 0 Å². The van der Waals surface area contributed by atoms with E-state index in [9.17, 15) is 13.5 Å². The maximum absolute atomic E-state index is 11.7. The first-order chi connectivity index (χ1) is 9.38. The molecule has 0 bridgehead atoms. The summed E-state index contributed by atoms with van der Waals surface area (Å²) in [6.07, 6.45) is 7.15. The van der Waals surface area contributed by atoms with Crippen molar-refractivity contribution in [2.24, 2.45) is 5.92 Å². The summed E-state index contributed by atoms with van der Waals surface area (Å²) < 4.78 is 25.0. The SMILES string of the molecule is CS(=O)(=O)N1CCCC(CC2(O)CCN3CCCC32)C1. The van der Waals surface area contributed by atoms with E-state index in [0.29, 0.717) is 25.0 Å². The molecule has 0 aliphatic carbocycles. The number of fused-ring (bicyclic) bond motifs is 1. The Kier molecular flexibility index (Phi) is 3.86. The molecule has 0 amide bonds. The number of piperidine rings is 1. The van der Waals surface area contributed by atoms with Crippen molar-refractivity contribution in [3.8, 4) is 0 Å². The Hall–Kier alpha value is -0.170. The predicted octanol–water partition coefficient (Wildman–Crippen LogP) is 0.647. The summed E-state index contributed by atoms with van der Waals surface area (Å²) in [5.74, 6) is 0.309. The standard InChI is InChI=1S/C14H26N2O3S/c1-20(18,19)16-8-2-4-12(11-16)10-14(17)6-9-15-7-3-5-13(14)15/h12-13,17H,2-11H2,1H3. The Balaban J connectivity index is 1.65. The summed E-state index contributed by atoms with van der Waals surface area (Å²) in [6.45, 7) is 3.36. The molecule has 3 aliphatic heterocycles. The van der Waals surface area contributed by atoms with Crippen LogP contribution >= 0.6 is 0 Å². The van der Waals surface area contributed by atoms with Crippen LogP contribution in [0.4, 0.5) is 0 Å². The van der Waals surface area contributed by atoms with Gasteiger partial charge in [0.05, 0.1) is 11.9 Å². The molecule has 3 unspecified atom stereocenters. The van der Waals surface area contributed by atoms with Gasteiger partial charge in [-0.3, -0.25) is 4.90 Å². The molecule has 3 aliphatic rings. The van der Waals surface area contributed by atoms with Gasteiger partial charge in [0.1, 0.15) is 0 Å². The molecule has 3 fully saturated rings. The monoisotopic (exact) mass is 302 g/mol. The Morgan fingerprint density at radius 1 is 1.20 bits per heavy atom. The summed E-state index contributed by atoms with van der Waals surface area (Å²) >= 11 is 0. The molecular weight excluding hydrogens is 276 g/mol. The highest BCUT2D eigenvalue weighted by molar-refractivity contribution is 7.88. The average molecular weight is 302 g/mol. The Bertz CT molecular complexity index is 467. The van der Waals surface area contributed by atoms with E-state index in [-0.39, 0.29) is 0 Å². The van der Waals surface area contributed by atoms with Crippen LogP contribution in [-0.2, 0) is 10.0 Å². The van der Waals surface area contributed by atoms with Crippen molar-refractivity contribution in [1.82, 2.24) is 9.21 Å². The highest BCUT2D eigenvalue weighted by atomic mass is 32.2. The lowest BCUT2D eigenvalue weighted by Gasteiger charge is -2.37. The van der Waals surface area contributed by atoms with Gasteiger partial charge in [-0.25, -0.2) is 12.7 Å². The second-order valence-corrected chi connectivity index (χ2v) is 8.86. The second kappa shape index (κ2) is 5.23. The van der Waals surface area contributed by atoms with Crippen molar-refractivity contribution in [2.45, 2.75) is 50.2 Å². The van der Waals surface area contributed by atoms with Crippen LogP contribution in [0.5, 0.6) is 0 Å². The Labute approximate surface area is 122 Å². The topological polar surface area (TPSA) is 60.9 Å². The number of hydrogen-bond acceptors (Lipinski definition) is 4. The average Bonchev–Trinajstić information content (AvgIpc) is 2.94. The summed E-state index contributed by atoms with van der Waals surface area (Å²) in [5.41, 5.74) is -0.582. The van der Waals surface area contributed by atoms with Gasteiger partial charge < -0.3 is 5.11 Å². The van der Waals surface area contributed by atoms with E-state index in [1.165, 1.54) is 12.7 Å². The van der Waals surface area contributed by atoms with Crippen molar-refractivity contribution in [1.29, 1.82) is 0 Å². The van der Waals surface area contributed by atoms with Crippen LogP contribution in [0.25, 0.3) is 0 Å². The van der Waals surface area contributed by atoms with Gasteiger partial charge in [0.15, 0.2) is 0 Å². The summed E-state index contributed by atoms with van der Waals surface area (Å²) in [7, 11) is -3.09. The minimum Gasteiger partial charge on any atom is -0.388 e. The van der Waals surface area contributed by atoms with Crippen molar-refractivity contribution < 1.29 is 13.5 Å². The number of rotatable bonds is 3. The minimum atomic E-state index is -3.09. The zero-order valence-corrected chi connectivity index (χ0v) is 13.1. The zero-order chi connectivity index (χ0) is 14.4. The quantitative estimate of drug-likeness (QED) is 0.831. The third kappa shape index (κ3) is 2.75. The van der Waals surface area contributed by atoms with Gasteiger partial charge in [-0.1, -0.05) is 0 Å².